The summed E-state index contributed by atoms with van der Waals surface area (Å²) < 4.78 is 7.91. The van der Waals surface area contributed by atoms with Crippen LogP contribution in [0.2, 0.25) is 0 Å². The molecule has 4 heterocycles. The van der Waals surface area contributed by atoms with Gasteiger partial charge in [-0.25, -0.2) is 15.0 Å². The molecule has 4 rings (SSSR count). The molecule has 164 valence electrons. The van der Waals surface area contributed by atoms with E-state index in [9.17, 15) is 5.02 Å². The smallest absolute Gasteiger partial charge is 0.306 e. The molecule has 3 aromatic rings. The standard InChI is InChI=1S/C22H31BN6O2/c1-4-27(3)15-31-11-10-29-21(26-19-12-18(23-30)14-25-22(19)29)17-7-8-20(24-13-17)28-9-5-6-16(28)2/h7-8,12-14,16,23,30H,4-6,9-11,15H2,1-3H3. The van der Waals surface area contributed by atoms with Crippen molar-refractivity contribution in [3.05, 3.63) is 30.6 Å². The van der Waals surface area contributed by atoms with E-state index in [1.165, 1.54) is 12.8 Å². The van der Waals surface area contributed by atoms with E-state index < -0.39 is 0 Å². The lowest BCUT2D eigenvalue weighted by Crippen LogP contribution is -2.27. The molecule has 1 unspecified atom stereocenters. The molecule has 0 aromatic carbocycles. The van der Waals surface area contributed by atoms with E-state index in [-0.39, 0.29) is 7.48 Å². The summed E-state index contributed by atoms with van der Waals surface area (Å²) in [5, 5.41) is 9.48. The first-order valence-electron chi connectivity index (χ1n) is 11.1. The number of fused-ring (bicyclic) bond motifs is 1. The lowest BCUT2D eigenvalue weighted by atomic mass is 9.91. The van der Waals surface area contributed by atoms with Gasteiger partial charge >= 0.3 is 7.48 Å². The van der Waals surface area contributed by atoms with Crippen LogP contribution in [0, 0.1) is 0 Å². The molecular formula is C22H31BN6O2. The van der Waals surface area contributed by atoms with Gasteiger partial charge in [0.2, 0.25) is 0 Å². The number of imidazole rings is 1. The topological polar surface area (TPSA) is 79.5 Å². The molecule has 0 radical (unpaired) electrons. The van der Waals surface area contributed by atoms with Crippen molar-refractivity contribution in [3.8, 4) is 11.4 Å². The zero-order valence-corrected chi connectivity index (χ0v) is 18.7. The van der Waals surface area contributed by atoms with Gasteiger partial charge in [-0.3, -0.25) is 4.90 Å². The van der Waals surface area contributed by atoms with Crippen molar-refractivity contribution in [3.63, 3.8) is 0 Å². The van der Waals surface area contributed by atoms with Crippen LogP contribution in [0.3, 0.4) is 0 Å². The fourth-order valence-electron chi connectivity index (χ4n) is 4.00. The summed E-state index contributed by atoms with van der Waals surface area (Å²) in [6.07, 6.45) is 6.03. The van der Waals surface area contributed by atoms with E-state index in [4.69, 9.17) is 14.7 Å². The summed E-state index contributed by atoms with van der Waals surface area (Å²) in [4.78, 5) is 18.6. The summed E-state index contributed by atoms with van der Waals surface area (Å²) in [6, 6.07) is 6.59. The van der Waals surface area contributed by atoms with Gasteiger partial charge < -0.3 is 19.2 Å². The first-order chi connectivity index (χ1) is 15.1. The second-order valence-electron chi connectivity index (χ2n) is 8.23. The molecule has 3 aromatic heterocycles. The maximum Gasteiger partial charge on any atom is 0.306 e. The second-order valence-corrected chi connectivity index (χ2v) is 8.23. The molecule has 0 bridgehead atoms. The molecule has 1 atom stereocenters. The Balaban J connectivity index is 1.62. The third kappa shape index (κ3) is 4.73. The Hall–Kier alpha value is -2.49. The van der Waals surface area contributed by atoms with Crippen molar-refractivity contribution in [1.29, 1.82) is 0 Å². The summed E-state index contributed by atoms with van der Waals surface area (Å²) >= 11 is 0. The van der Waals surface area contributed by atoms with Crippen LogP contribution >= 0.6 is 0 Å². The van der Waals surface area contributed by atoms with Crippen molar-refractivity contribution in [2.24, 2.45) is 0 Å². The molecule has 31 heavy (non-hydrogen) atoms. The van der Waals surface area contributed by atoms with Crippen LogP contribution in [-0.2, 0) is 11.3 Å². The first-order valence-corrected chi connectivity index (χ1v) is 11.1. The molecule has 1 N–H and O–H groups in total. The zero-order chi connectivity index (χ0) is 21.8. The maximum absolute atomic E-state index is 9.48. The Morgan fingerprint density at radius 3 is 2.84 bits per heavy atom. The SMILES string of the molecule is CCN(C)COCCn1c(-c2ccc(N3CCCC3C)nc2)nc2cc(BO)cnc21. The molecule has 1 fully saturated rings. The fraction of sp³-hybridized carbons (Fsp3) is 0.500. The summed E-state index contributed by atoms with van der Waals surface area (Å²) in [5.74, 6) is 1.83. The normalized spacial score (nSPS) is 16.5. The van der Waals surface area contributed by atoms with Gasteiger partial charge in [0.05, 0.1) is 13.3 Å². The van der Waals surface area contributed by atoms with Crippen LogP contribution < -0.4 is 10.4 Å². The van der Waals surface area contributed by atoms with Crippen LogP contribution in [0.15, 0.2) is 30.6 Å². The number of rotatable bonds is 9. The predicted molar refractivity (Wildman–Crippen MR) is 125 cm³/mol. The van der Waals surface area contributed by atoms with Crippen molar-refractivity contribution >= 4 is 29.9 Å². The quantitative estimate of drug-likeness (QED) is 0.317. The Morgan fingerprint density at radius 1 is 1.29 bits per heavy atom. The molecule has 1 saturated heterocycles. The second kappa shape index (κ2) is 9.76. The lowest BCUT2D eigenvalue weighted by Gasteiger charge is -2.22. The summed E-state index contributed by atoms with van der Waals surface area (Å²) in [7, 11) is 1.98. The van der Waals surface area contributed by atoms with Gasteiger partial charge in [0.1, 0.15) is 17.2 Å². The largest absolute Gasteiger partial charge is 0.449 e. The molecule has 1 aliphatic heterocycles. The van der Waals surface area contributed by atoms with Gasteiger partial charge in [-0.2, -0.15) is 0 Å². The average molecular weight is 422 g/mol. The van der Waals surface area contributed by atoms with Crippen LogP contribution in [0.5, 0.6) is 0 Å². The van der Waals surface area contributed by atoms with Crippen molar-refractivity contribution in [1.82, 2.24) is 24.4 Å². The highest BCUT2D eigenvalue weighted by atomic mass is 16.5. The van der Waals surface area contributed by atoms with Crippen LogP contribution in [0.1, 0.15) is 26.7 Å². The third-order valence-electron chi connectivity index (χ3n) is 5.99. The Labute approximate surface area is 184 Å². The molecular weight excluding hydrogens is 391 g/mol. The number of nitrogens with zero attached hydrogens (tertiary/aromatic N) is 6. The van der Waals surface area contributed by atoms with Crippen LogP contribution in [0.25, 0.3) is 22.6 Å². The zero-order valence-electron chi connectivity index (χ0n) is 18.7. The summed E-state index contributed by atoms with van der Waals surface area (Å²) in [5.41, 5.74) is 3.26. The highest BCUT2D eigenvalue weighted by molar-refractivity contribution is 6.45. The van der Waals surface area contributed by atoms with E-state index in [0.717, 1.165) is 46.9 Å². The number of hydrogen-bond donors (Lipinski definition) is 1. The van der Waals surface area contributed by atoms with E-state index in [1.54, 1.807) is 6.20 Å². The van der Waals surface area contributed by atoms with Gasteiger partial charge in [-0.05, 0) is 57.0 Å². The van der Waals surface area contributed by atoms with Crippen LogP contribution in [0.4, 0.5) is 5.82 Å². The van der Waals surface area contributed by atoms with Crippen molar-refractivity contribution < 1.29 is 9.76 Å². The maximum atomic E-state index is 9.48. The molecule has 0 amide bonds. The molecule has 1 aliphatic rings. The number of anilines is 1. The highest BCUT2D eigenvalue weighted by Crippen LogP contribution is 2.27. The Morgan fingerprint density at radius 2 is 2.16 bits per heavy atom. The predicted octanol–water partition coefficient (Wildman–Crippen LogP) is 1.38. The minimum atomic E-state index is -0.0537. The van der Waals surface area contributed by atoms with Gasteiger partial charge in [-0.1, -0.05) is 6.92 Å². The lowest BCUT2D eigenvalue weighted by molar-refractivity contribution is 0.0418. The Bertz CT molecular complexity index is 1010. The van der Waals surface area contributed by atoms with E-state index in [1.807, 2.05) is 19.3 Å². The van der Waals surface area contributed by atoms with E-state index in [0.29, 0.717) is 25.9 Å². The minimum Gasteiger partial charge on any atom is -0.449 e. The van der Waals surface area contributed by atoms with Gasteiger partial charge in [0, 0.05) is 37.1 Å². The molecule has 9 heteroatoms. The Kier molecular flexibility index (Phi) is 6.84. The molecule has 0 spiro atoms. The number of hydrogen-bond acceptors (Lipinski definition) is 7. The molecule has 0 aliphatic carbocycles. The average Bonchev–Trinajstić information content (AvgIpc) is 3.39. The van der Waals surface area contributed by atoms with Gasteiger partial charge in [0.15, 0.2) is 5.65 Å². The van der Waals surface area contributed by atoms with Gasteiger partial charge in [0.25, 0.3) is 0 Å². The van der Waals surface area contributed by atoms with Gasteiger partial charge in [-0.15, -0.1) is 0 Å². The van der Waals surface area contributed by atoms with E-state index in [2.05, 4.69) is 45.3 Å². The number of pyridine rings is 2. The molecule has 8 nitrogen and oxygen atoms in total. The first kappa shape index (κ1) is 21.7. The monoisotopic (exact) mass is 422 g/mol. The van der Waals surface area contributed by atoms with E-state index >= 15 is 0 Å². The van der Waals surface area contributed by atoms with Crippen molar-refractivity contribution in [2.75, 3.05) is 38.4 Å². The van der Waals surface area contributed by atoms with Crippen LogP contribution in [-0.4, -0.2) is 76.4 Å². The number of ether oxygens (including phenoxy) is 1. The third-order valence-corrected chi connectivity index (χ3v) is 5.99. The fourth-order valence-corrected chi connectivity index (χ4v) is 4.00. The molecule has 0 saturated carbocycles. The number of aromatic nitrogens is 4. The minimum absolute atomic E-state index is 0.0537. The summed E-state index contributed by atoms with van der Waals surface area (Å²) in [6.45, 7) is 8.14. The van der Waals surface area contributed by atoms with Crippen molar-refractivity contribution in [2.45, 2.75) is 39.3 Å². The highest BCUT2D eigenvalue weighted by Gasteiger charge is 2.22.